The van der Waals surface area contributed by atoms with Crippen molar-refractivity contribution in [2.24, 2.45) is 17.8 Å². The predicted molar refractivity (Wildman–Crippen MR) is 134 cm³/mol. The average molecular weight is 423 g/mol. The maximum atomic E-state index is 8.56. The zero-order valence-corrected chi connectivity index (χ0v) is 20.0. The summed E-state index contributed by atoms with van der Waals surface area (Å²) in [5.74, 6) is 2.28. The van der Waals surface area contributed by atoms with Gasteiger partial charge in [0.05, 0.1) is 18.0 Å². The number of benzene rings is 2. The molecule has 3 nitrogen and oxygen atoms in total. The lowest BCUT2D eigenvalue weighted by Crippen LogP contribution is -2.28. The van der Waals surface area contributed by atoms with Gasteiger partial charge in [-0.25, -0.2) is 0 Å². The van der Waals surface area contributed by atoms with Gasteiger partial charge in [0, 0.05) is 0 Å². The molecule has 0 radical (unpaired) electrons. The topological polar surface area (TPSA) is 36.3 Å². The van der Waals surface area contributed by atoms with Gasteiger partial charge in [-0.2, -0.15) is 0 Å². The molecule has 170 valence electrons. The maximum absolute atomic E-state index is 8.56. The standard InChI is InChI=1S/C28H42N2O/c1-23(2)13-11-14-24(3)15-12-16-25(4)21-22-31-28(29)30(26-17-7-5-8-18-26)27-19-9-6-10-20-27/h5-10,17-20,23-25,29H,11-16,21-22H2,1-4H3. The smallest absolute Gasteiger partial charge is 0.293 e. The van der Waals surface area contributed by atoms with Crippen LogP contribution in [0.3, 0.4) is 0 Å². The van der Waals surface area contributed by atoms with Gasteiger partial charge in [-0.3, -0.25) is 10.3 Å². The maximum Gasteiger partial charge on any atom is 0.293 e. The molecule has 2 aromatic rings. The fourth-order valence-corrected chi connectivity index (χ4v) is 3.94. The van der Waals surface area contributed by atoms with Crippen LogP contribution in [0.25, 0.3) is 0 Å². The van der Waals surface area contributed by atoms with Gasteiger partial charge in [-0.05, 0) is 48.4 Å². The van der Waals surface area contributed by atoms with Crippen LogP contribution >= 0.6 is 0 Å². The molecule has 2 rings (SSSR count). The van der Waals surface area contributed by atoms with Gasteiger partial charge in [0.2, 0.25) is 0 Å². The third kappa shape index (κ3) is 9.59. The molecule has 0 aliphatic rings. The summed E-state index contributed by atoms with van der Waals surface area (Å²) in [6.45, 7) is 9.92. The van der Waals surface area contributed by atoms with Crippen LogP contribution in [0.5, 0.6) is 0 Å². The molecule has 0 spiro atoms. The second-order valence-corrected chi connectivity index (χ2v) is 9.41. The molecule has 2 unspecified atom stereocenters. The minimum atomic E-state index is 0.184. The number of rotatable bonds is 13. The third-order valence-corrected chi connectivity index (χ3v) is 5.95. The van der Waals surface area contributed by atoms with Crippen LogP contribution in [0.4, 0.5) is 11.4 Å². The van der Waals surface area contributed by atoms with Crippen molar-refractivity contribution in [3.8, 4) is 0 Å². The average Bonchev–Trinajstić information content (AvgIpc) is 2.75. The van der Waals surface area contributed by atoms with E-state index in [0.29, 0.717) is 12.5 Å². The van der Waals surface area contributed by atoms with E-state index in [2.05, 4.69) is 27.7 Å². The molecule has 0 fully saturated rings. The van der Waals surface area contributed by atoms with E-state index >= 15 is 0 Å². The Morgan fingerprint density at radius 2 is 1.16 bits per heavy atom. The number of nitrogens with zero attached hydrogens (tertiary/aromatic N) is 1. The highest BCUT2D eigenvalue weighted by atomic mass is 16.5. The van der Waals surface area contributed by atoms with Crippen molar-refractivity contribution < 1.29 is 4.74 Å². The van der Waals surface area contributed by atoms with Crippen molar-refractivity contribution in [2.45, 2.75) is 72.6 Å². The van der Waals surface area contributed by atoms with E-state index in [1.54, 1.807) is 0 Å². The molecule has 0 aromatic heterocycles. The SMILES string of the molecule is CC(C)CCCC(C)CCCC(C)CCOC(=N)N(c1ccccc1)c1ccccc1. The van der Waals surface area contributed by atoms with Gasteiger partial charge in [-0.1, -0.05) is 103 Å². The Morgan fingerprint density at radius 3 is 1.65 bits per heavy atom. The van der Waals surface area contributed by atoms with E-state index < -0.39 is 0 Å². The van der Waals surface area contributed by atoms with Crippen LogP contribution in [0.2, 0.25) is 0 Å². The highest BCUT2D eigenvalue weighted by molar-refractivity contribution is 5.97. The first kappa shape index (κ1) is 25.0. The van der Waals surface area contributed by atoms with E-state index in [-0.39, 0.29) is 6.02 Å². The van der Waals surface area contributed by atoms with E-state index in [1.165, 1.54) is 38.5 Å². The minimum absolute atomic E-state index is 0.184. The molecule has 2 aromatic carbocycles. The van der Waals surface area contributed by atoms with Gasteiger partial charge in [0.25, 0.3) is 6.02 Å². The fraction of sp³-hybridized carbons (Fsp3) is 0.536. The van der Waals surface area contributed by atoms with E-state index in [0.717, 1.165) is 29.6 Å². The Hall–Kier alpha value is -2.29. The van der Waals surface area contributed by atoms with E-state index in [9.17, 15) is 0 Å². The summed E-state index contributed by atoms with van der Waals surface area (Å²) in [6.07, 6.45) is 8.93. The minimum Gasteiger partial charge on any atom is -0.465 e. The summed E-state index contributed by atoms with van der Waals surface area (Å²) >= 11 is 0. The quantitative estimate of drug-likeness (QED) is 0.260. The van der Waals surface area contributed by atoms with Gasteiger partial charge in [0.15, 0.2) is 0 Å². The second-order valence-electron chi connectivity index (χ2n) is 9.41. The summed E-state index contributed by atoms with van der Waals surface area (Å²) in [4.78, 5) is 1.86. The molecule has 31 heavy (non-hydrogen) atoms. The first-order chi connectivity index (χ1) is 15.0. The lowest BCUT2D eigenvalue weighted by molar-refractivity contribution is 0.258. The predicted octanol–water partition coefficient (Wildman–Crippen LogP) is 8.43. The lowest BCUT2D eigenvalue weighted by atomic mass is 9.93. The van der Waals surface area contributed by atoms with Gasteiger partial charge < -0.3 is 4.74 Å². The van der Waals surface area contributed by atoms with Crippen molar-refractivity contribution in [2.75, 3.05) is 11.5 Å². The molecule has 3 heteroatoms. The first-order valence-corrected chi connectivity index (χ1v) is 12.1. The monoisotopic (exact) mass is 422 g/mol. The third-order valence-electron chi connectivity index (χ3n) is 5.95. The van der Waals surface area contributed by atoms with Gasteiger partial charge in [0.1, 0.15) is 0 Å². The lowest BCUT2D eigenvalue weighted by Gasteiger charge is -2.25. The molecule has 0 saturated carbocycles. The van der Waals surface area contributed by atoms with Crippen LogP contribution in [-0.2, 0) is 4.74 Å². The number of anilines is 2. The van der Waals surface area contributed by atoms with E-state index in [4.69, 9.17) is 10.1 Å². The highest BCUT2D eigenvalue weighted by Crippen LogP contribution is 2.26. The van der Waals surface area contributed by atoms with Gasteiger partial charge in [-0.15, -0.1) is 0 Å². The second kappa shape index (κ2) is 13.9. The number of para-hydroxylation sites is 2. The first-order valence-electron chi connectivity index (χ1n) is 12.1. The number of hydrogen-bond donors (Lipinski definition) is 1. The molecule has 0 bridgehead atoms. The van der Waals surface area contributed by atoms with Crippen molar-refractivity contribution in [3.63, 3.8) is 0 Å². The molecule has 0 saturated heterocycles. The molecular weight excluding hydrogens is 380 g/mol. The normalized spacial score (nSPS) is 13.1. The van der Waals surface area contributed by atoms with Crippen LogP contribution in [0.1, 0.15) is 72.6 Å². The molecule has 0 aliphatic carbocycles. The van der Waals surface area contributed by atoms with Crippen LogP contribution in [0, 0.1) is 23.2 Å². The summed E-state index contributed by atoms with van der Waals surface area (Å²) in [5.41, 5.74) is 1.89. The molecule has 1 N–H and O–H groups in total. The largest absolute Gasteiger partial charge is 0.465 e. The molecule has 0 amide bonds. The number of ether oxygens (including phenoxy) is 1. The van der Waals surface area contributed by atoms with Crippen molar-refractivity contribution >= 4 is 17.4 Å². The zero-order chi connectivity index (χ0) is 22.5. The van der Waals surface area contributed by atoms with Crippen LogP contribution < -0.4 is 4.90 Å². The summed E-state index contributed by atoms with van der Waals surface area (Å²) in [5, 5.41) is 8.56. The van der Waals surface area contributed by atoms with Crippen molar-refractivity contribution in [1.29, 1.82) is 5.41 Å². The molecule has 0 heterocycles. The number of amidine groups is 1. The zero-order valence-electron chi connectivity index (χ0n) is 20.0. The number of hydrogen-bond acceptors (Lipinski definition) is 2. The number of nitrogens with one attached hydrogen (secondary N) is 1. The Kier molecular flexibility index (Phi) is 11.2. The summed E-state index contributed by atoms with van der Waals surface area (Å²) < 4.78 is 5.90. The van der Waals surface area contributed by atoms with E-state index in [1.807, 2.05) is 65.6 Å². The Morgan fingerprint density at radius 1 is 0.710 bits per heavy atom. The van der Waals surface area contributed by atoms with Crippen LogP contribution in [-0.4, -0.2) is 12.6 Å². The molecular formula is C28H42N2O. The molecule has 0 aliphatic heterocycles. The van der Waals surface area contributed by atoms with Crippen molar-refractivity contribution in [3.05, 3.63) is 60.7 Å². The Bertz CT molecular complexity index is 690. The van der Waals surface area contributed by atoms with Gasteiger partial charge >= 0.3 is 0 Å². The molecule has 2 atom stereocenters. The highest BCUT2D eigenvalue weighted by Gasteiger charge is 2.16. The Balaban J connectivity index is 1.74. The summed E-state index contributed by atoms with van der Waals surface area (Å²) in [6, 6.07) is 20.2. The van der Waals surface area contributed by atoms with Crippen LogP contribution in [0.15, 0.2) is 60.7 Å². The summed E-state index contributed by atoms with van der Waals surface area (Å²) in [7, 11) is 0. The van der Waals surface area contributed by atoms with Crippen molar-refractivity contribution in [1.82, 2.24) is 0 Å². The fourth-order valence-electron chi connectivity index (χ4n) is 3.94. The Labute approximate surface area is 190 Å².